The Morgan fingerprint density at radius 3 is 2.70 bits per heavy atom. The molecule has 0 rings (SSSR count). The molecule has 0 saturated heterocycles. The molecule has 0 aliphatic heterocycles. The molecule has 0 bridgehead atoms. The van der Waals surface area contributed by atoms with Crippen molar-refractivity contribution in [2.45, 2.75) is 6.92 Å². The fourth-order valence-corrected chi connectivity index (χ4v) is 1.29. The Kier molecular flexibility index (Phi) is 4.85. The predicted molar refractivity (Wildman–Crippen MR) is 54.6 cm³/mol. The third-order valence-corrected chi connectivity index (χ3v) is 2.55. The maximum Gasteiger partial charge on any atom is 0.0502 e. The lowest BCUT2D eigenvalue weighted by Crippen LogP contribution is -2.26. The molecule has 0 amide bonds. The van der Waals surface area contributed by atoms with E-state index in [4.69, 9.17) is 11.1 Å². The molecule has 1 atom stereocenters. The van der Waals surface area contributed by atoms with Crippen molar-refractivity contribution in [3.05, 3.63) is 0 Å². The lowest BCUT2D eigenvalue weighted by atomic mass is 10.1. The molecule has 0 aliphatic rings. The summed E-state index contributed by atoms with van der Waals surface area (Å²) in [6.45, 7) is 1.90. The highest BCUT2D eigenvalue weighted by molar-refractivity contribution is 9.09. The molecule has 4 heteroatoms. The predicted octanol–water partition coefficient (Wildman–Crippen LogP) is 1.29. The molecule has 3 N–H and O–H groups in total. The first kappa shape index (κ1) is 10.1. The van der Waals surface area contributed by atoms with Gasteiger partial charge in [0, 0.05) is 17.0 Å². The minimum Gasteiger partial charge on any atom is -0.308 e. The van der Waals surface area contributed by atoms with Gasteiger partial charge < -0.3 is 5.41 Å². The van der Waals surface area contributed by atoms with Gasteiger partial charge in [-0.2, -0.15) is 0 Å². The Morgan fingerprint density at radius 2 is 2.40 bits per heavy atom. The van der Waals surface area contributed by atoms with Gasteiger partial charge in [0.25, 0.3) is 0 Å². The molecule has 0 aliphatic carbocycles. The Labute approximate surface area is 73.0 Å². The van der Waals surface area contributed by atoms with Crippen molar-refractivity contribution < 1.29 is 0 Å². The lowest BCUT2D eigenvalue weighted by molar-refractivity contribution is 1.04. The first-order chi connectivity index (χ1) is 4.63. The van der Waals surface area contributed by atoms with Gasteiger partial charge in [0.15, 0.2) is 0 Å². The van der Waals surface area contributed by atoms with Crippen molar-refractivity contribution >= 4 is 43.4 Å². The molecule has 1 unspecified atom stereocenters. The van der Waals surface area contributed by atoms with Crippen LogP contribution in [0.4, 0.5) is 0 Å². The second-order valence-corrected chi connectivity index (χ2v) is 3.25. The van der Waals surface area contributed by atoms with Crippen molar-refractivity contribution in [2.24, 2.45) is 11.7 Å². The maximum absolute atomic E-state index is 7.39. The minimum absolute atomic E-state index is 0.0295. The van der Waals surface area contributed by atoms with Crippen LogP contribution in [0.3, 0.4) is 0 Å². The van der Waals surface area contributed by atoms with Crippen LogP contribution in [0.2, 0.25) is 0 Å². The zero-order valence-corrected chi connectivity index (χ0v) is 8.26. The van der Waals surface area contributed by atoms with Crippen LogP contribution in [0.25, 0.3) is 0 Å². The highest BCUT2D eigenvalue weighted by atomic mass is 79.9. The second-order valence-electron chi connectivity index (χ2n) is 1.93. The first-order valence-corrected chi connectivity index (χ1v) is 4.91. The number of rotatable bonds is 3. The molecule has 2 nitrogen and oxygen atoms in total. The lowest BCUT2D eigenvalue weighted by Gasteiger charge is -2.07. The third kappa shape index (κ3) is 2.77. The van der Waals surface area contributed by atoms with Gasteiger partial charge in [0.2, 0.25) is 0 Å². The summed E-state index contributed by atoms with van der Waals surface area (Å²) in [5.41, 5.74) is 6.14. The van der Waals surface area contributed by atoms with Crippen LogP contribution in [-0.2, 0) is 0 Å². The minimum atomic E-state index is 0.0295. The standard InChI is InChI=1S/C6H11BrN2S/c1-4(5(8)3-7)6(9)10-2/h4,8H,2-3,9H2,1H3. The summed E-state index contributed by atoms with van der Waals surface area (Å²) in [4.78, 5) is 0.699. The molecule has 0 aromatic heterocycles. The van der Waals surface area contributed by atoms with Crippen molar-refractivity contribution in [1.82, 2.24) is 0 Å². The molecular weight excluding hydrogens is 212 g/mol. The van der Waals surface area contributed by atoms with Crippen LogP contribution in [0, 0.1) is 11.3 Å². The molecular formula is C6H11BrN2S. The maximum atomic E-state index is 7.39. The zero-order chi connectivity index (χ0) is 8.15. The third-order valence-electron chi connectivity index (χ3n) is 1.26. The van der Waals surface area contributed by atoms with E-state index in [0.717, 1.165) is 0 Å². The average Bonchev–Trinajstić information content (AvgIpc) is 2.00. The van der Waals surface area contributed by atoms with Gasteiger partial charge in [-0.3, -0.25) is 5.73 Å². The Hall–Kier alpha value is 0.0700. The second kappa shape index (κ2) is 4.82. The fraction of sp³-hybridized carbons (Fsp3) is 0.500. The van der Waals surface area contributed by atoms with Crippen LogP contribution in [0.5, 0.6) is 0 Å². The van der Waals surface area contributed by atoms with Gasteiger partial charge in [-0.25, -0.2) is 0 Å². The van der Waals surface area contributed by atoms with E-state index in [1.165, 1.54) is 10.9 Å². The Bertz CT molecular complexity index is 184. The Balaban J connectivity index is 4.22. The molecule has 0 fully saturated rings. The van der Waals surface area contributed by atoms with Gasteiger partial charge in [0.05, 0.1) is 4.99 Å². The molecule has 0 aromatic carbocycles. The van der Waals surface area contributed by atoms with E-state index in [-0.39, 0.29) is 5.92 Å². The average molecular weight is 223 g/mol. The highest BCUT2D eigenvalue weighted by Crippen LogP contribution is 2.00. The van der Waals surface area contributed by atoms with Crippen LogP contribution < -0.4 is 5.73 Å². The summed E-state index contributed by atoms with van der Waals surface area (Å²) < 4.78 is 0. The van der Waals surface area contributed by atoms with E-state index in [1.54, 1.807) is 0 Å². The molecule has 0 radical (unpaired) electrons. The van der Waals surface area contributed by atoms with E-state index < -0.39 is 0 Å². The molecule has 0 aromatic rings. The summed E-state index contributed by atoms with van der Waals surface area (Å²) in [7, 11) is 1.26. The van der Waals surface area contributed by atoms with E-state index in [2.05, 4.69) is 21.8 Å². The van der Waals surface area contributed by atoms with Crippen LogP contribution in [0.1, 0.15) is 6.92 Å². The monoisotopic (exact) mass is 222 g/mol. The van der Waals surface area contributed by atoms with Gasteiger partial charge in [0.1, 0.15) is 0 Å². The number of hydrogen-bond donors (Lipinski definition) is 2. The van der Waals surface area contributed by atoms with Gasteiger partial charge in [-0.15, -0.1) is 10.9 Å². The van der Waals surface area contributed by atoms with E-state index in [9.17, 15) is 0 Å². The number of hydrogen-bond acceptors (Lipinski definition) is 1. The molecule has 10 heavy (non-hydrogen) atoms. The number of alkyl halides is 1. The topological polar surface area (TPSA) is 49.9 Å². The van der Waals surface area contributed by atoms with Crippen LogP contribution >= 0.6 is 26.9 Å². The van der Waals surface area contributed by atoms with Crippen LogP contribution in [-0.4, -0.2) is 21.9 Å². The molecule has 0 spiro atoms. The number of nitrogens with one attached hydrogen (secondary N) is 1. The Morgan fingerprint density at radius 1 is 1.90 bits per heavy atom. The normalized spacial score (nSPS) is 12.3. The van der Waals surface area contributed by atoms with Crippen molar-refractivity contribution in [3.63, 3.8) is 0 Å². The fourth-order valence-electron chi connectivity index (χ4n) is 0.412. The number of nitrogens with two attached hydrogens (primary N) is 1. The van der Waals surface area contributed by atoms with Crippen molar-refractivity contribution in [2.75, 3.05) is 5.33 Å². The summed E-state index contributed by atoms with van der Waals surface area (Å²) in [6, 6.07) is 0. The first-order valence-electron chi connectivity index (χ1n) is 2.81. The number of halogens is 1. The zero-order valence-electron chi connectivity index (χ0n) is 5.86. The molecule has 58 valence electrons. The summed E-state index contributed by atoms with van der Waals surface area (Å²) >= 11 is 3.19. The molecule has 0 heterocycles. The molecule has 0 saturated carbocycles. The van der Waals surface area contributed by atoms with Gasteiger partial charge in [-0.05, 0) is 5.87 Å². The largest absolute Gasteiger partial charge is 0.308 e. The van der Waals surface area contributed by atoms with E-state index in [0.29, 0.717) is 16.0 Å². The van der Waals surface area contributed by atoms with Gasteiger partial charge >= 0.3 is 0 Å². The van der Waals surface area contributed by atoms with E-state index in [1.807, 2.05) is 6.92 Å². The van der Waals surface area contributed by atoms with E-state index >= 15 is 0 Å². The summed E-state index contributed by atoms with van der Waals surface area (Å²) in [6.07, 6.45) is 0. The summed E-state index contributed by atoms with van der Waals surface area (Å²) in [5.74, 6) is 3.60. The van der Waals surface area contributed by atoms with Gasteiger partial charge in [-0.1, -0.05) is 22.9 Å². The quantitative estimate of drug-likeness (QED) is 0.422. The van der Waals surface area contributed by atoms with Crippen molar-refractivity contribution in [1.29, 1.82) is 5.41 Å². The summed E-state index contributed by atoms with van der Waals surface area (Å²) in [5, 5.41) is 7.97. The van der Waals surface area contributed by atoms with Crippen LogP contribution in [0.15, 0.2) is 0 Å². The highest BCUT2D eigenvalue weighted by Gasteiger charge is 2.08. The van der Waals surface area contributed by atoms with Crippen molar-refractivity contribution in [3.8, 4) is 0 Å². The SMILES string of the molecule is C=S=C(N)C(C)C(=N)CBr. The smallest absolute Gasteiger partial charge is 0.0502 e.